The molecule has 2 rings (SSSR count). The zero-order valence-corrected chi connectivity index (χ0v) is 17.2. The summed E-state index contributed by atoms with van der Waals surface area (Å²) in [6.45, 7) is 4.62. The average Bonchev–Trinajstić information content (AvgIpc) is 2.73. The number of unbranched alkanes of at least 4 members (excludes halogenated alkanes) is 1. The van der Waals surface area contributed by atoms with Crippen LogP contribution in [0, 0.1) is 0 Å². The zero-order chi connectivity index (χ0) is 20.5. The molecule has 1 atom stereocenters. The molecule has 0 aliphatic carbocycles. The SMILES string of the molecule is CCCCOc1ccc(C(=O)N[C@H](C)c2cc(OC)ccc2OC)cc1OC. The minimum Gasteiger partial charge on any atom is -0.497 e. The lowest BCUT2D eigenvalue weighted by atomic mass is 10.1. The van der Waals surface area contributed by atoms with Gasteiger partial charge in [0.25, 0.3) is 5.91 Å². The van der Waals surface area contributed by atoms with Crippen molar-refractivity contribution in [3.63, 3.8) is 0 Å². The van der Waals surface area contributed by atoms with Crippen LogP contribution in [0.1, 0.15) is 48.7 Å². The number of carbonyl (C=O) groups excluding carboxylic acids is 1. The van der Waals surface area contributed by atoms with Crippen molar-refractivity contribution in [2.75, 3.05) is 27.9 Å². The number of hydrogen-bond donors (Lipinski definition) is 1. The second-order valence-corrected chi connectivity index (χ2v) is 6.37. The van der Waals surface area contributed by atoms with Gasteiger partial charge in [0.1, 0.15) is 11.5 Å². The van der Waals surface area contributed by atoms with Gasteiger partial charge in [-0.2, -0.15) is 0 Å². The van der Waals surface area contributed by atoms with Crippen LogP contribution in [-0.2, 0) is 0 Å². The smallest absolute Gasteiger partial charge is 0.251 e. The summed E-state index contributed by atoms with van der Waals surface area (Å²) in [6.07, 6.45) is 2.01. The third kappa shape index (κ3) is 5.31. The zero-order valence-electron chi connectivity index (χ0n) is 17.2. The number of amides is 1. The predicted molar refractivity (Wildman–Crippen MR) is 109 cm³/mol. The van der Waals surface area contributed by atoms with Crippen molar-refractivity contribution < 1.29 is 23.7 Å². The van der Waals surface area contributed by atoms with Gasteiger partial charge in [0.05, 0.1) is 34.0 Å². The van der Waals surface area contributed by atoms with Crippen molar-refractivity contribution in [2.45, 2.75) is 32.7 Å². The number of nitrogens with one attached hydrogen (secondary N) is 1. The largest absolute Gasteiger partial charge is 0.497 e. The van der Waals surface area contributed by atoms with Gasteiger partial charge >= 0.3 is 0 Å². The molecule has 0 saturated heterocycles. The highest BCUT2D eigenvalue weighted by molar-refractivity contribution is 5.95. The fraction of sp³-hybridized carbons (Fsp3) is 0.409. The van der Waals surface area contributed by atoms with Gasteiger partial charge in [0.15, 0.2) is 11.5 Å². The Kier molecular flexibility index (Phi) is 7.99. The number of hydrogen-bond acceptors (Lipinski definition) is 5. The molecule has 6 nitrogen and oxygen atoms in total. The summed E-state index contributed by atoms with van der Waals surface area (Å²) in [5.41, 5.74) is 1.33. The van der Waals surface area contributed by atoms with Gasteiger partial charge in [-0.05, 0) is 49.7 Å². The maximum absolute atomic E-state index is 12.7. The van der Waals surface area contributed by atoms with E-state index in [9.17, 15) is 4.79 Å². The fourth-order valence-corrected chi connectivity index (χ4v) is 2.79. The monoisotopic (exact) mass is 387 g/mol. The Labute approximate surface area is 166 Å². The molecule has 6 heteroatoms. The summed E-state index contributed by atoms with van der Waals surface area (Å²) in [5, 5.41) is 2.99. The van der Waals surface area contributed by atoms with Crippen LogP contribution in [0.3, 0.4) is 0 Å². The van der Waals surface area contributed by atoms with E-state index in [4.69, 9.17) is 18.9 Å². The Morgan fingerprint density at radius 2 is 1.68 bits per heavy atom. The number of ether oxygens (including phenoxy) is 4. The number of benzene rings is 2. The van der Waals surface area contributed by atoms with Crippen LogP contribution < -0.4 is 24.3 Å². The van der Waals surface area contributed by atoms with E-state index in [1.807, 2.05) is 25.1 Å². The van der Waals surface area contributed by atoms with Crippen LogP contribution in [0.4, 0.5) is 0 Å². The Balaban J connectivity index is 2.16. The van der Waals surface area contributed by atoms with E-state index < -0.39 is 0 Å². The first-order chi connectivity index (χ1) is 13.5. The minimum absolute atomic E-state index is 0.212. The van der Waals surface area contributed by atoms with E-state index in [0.29, 0.717) is 35.2 Å². The van der Waals surface area contributed by atoms with Crippen molar-refractivity contribution in [3.05, 3.63) is 47.5 Å². The van der Waals surface area contributed by atoms with E-state index in [1.165, 1.54) is 0 Å². The highest BCUT2D eigenvalue weighted by atomic mass is 16.5. The summed E-state index contributed by atoms with van der Waals surface area (Å²) >= 11 is 0. The quantitative estimate of drug-likeness (QED) is 0.613. The van der Waals surface area contributed by atoms with Crippen LogP contribution in [0.15, 0.2) is 36.4 Å². The van der Waals surface area contributed by atoms with Gasteiger partial charge in [-0.15, -0.1) is 0 Å². The molecule has 0 unspecified atom stereocenters. The maximum Gasteiger partial charge on any atom is 0.251 e. The summed E-state index contributed by atoms with van der Waals surface area (Å²) in [5.74, 6) is 2.35. The summed E-state index contributed by atoms with van der Waals surface area (Å²) < 4.78 is 21.8. The molecule has 1 amide bonds. The molecule has 0 aliphatic heterocycles. The van der Waals surface area contributed by atoms with E-state index in [2.05, 4.69) is 12.2 Å². The average molecular weight is 387 g/mol. The number of carbonyl (C=O) groups is 1. The molecule has 28 heavy (non-hydrogen) atoms. The summed E-state index contributed by atoms with van der Waals surface area (Å²) in [6, 6.07) is 10.4. The van der Waals surface area contributed by atoms with E-state index in [0.717, 1.165) is 18.4 Å². The normalized spacial score (nSPS) is 11.5. The van der Waals surface area contributed by atoms with E-state index in [1.54, 1.807) is 39.5 Å². The lowest BCUT2D eigenvalue weighted by Gasteiger charge is -2.19. The molecule has 0 aliphatic rings. The number of rotatable bonds is 10. The van der Waals surface area contributed by atoms with Crippen molar-refractivity contribution in [2.24, 2.45) is 0 Å². The lowest BCUT2D eigenvalue weighted by Crippen LogP contribution is -2.27. The van der Waals surface area contributed by atoms with Gasteiger partial charge in [-0.1, -0.05) is 13.3 Å². The van der Waals surface area contributed by atoms with Crippen molar-refractivity contribution >= 4 is 5.91 Å². The molecule has 0 bridgehead atoms. The van der Waals surface area contributed by atoms with Crippen LogP contribution in [0.2, 0.25) is 0 Å². The molecule has 0 saturated carbocycles. The molecule has 2 aromatic carbocycles. The van der Waals surface area contributed by atoms with Crippen LogP contribution in [0.25, 0.3) is 0 Å². The first kappa shape index (κ1) is 21.4. The Bertz CT molecular complexity index is 790. The summed E-state index contributed by atoms with van der Waals surface area (Å²) in [7, 11) is 4.76. The molecule has 152 valence electrons. The Morgan fingerprint density at radius 3 is 2.32 bits per heavy atom. The number of methoxy groups -OCH3 is 3. The standard InChI is InChI=1S/C22H29NO5/c1-6-7-12-28-20-10-8-16(13-21(20)27-5)22(24)23-15(2)18-14-17(25-3)9-11-19(18)26-4/h8-11,13-15H,6-7,12H2,1-5H3,(H,23,24)/t15-/m1/s1. The van der Waals surface area contributed by atoms with Crippen molar-refractivity contribution in [1.82, 2.24) is 5.32 Å². The van der Waals surface area contributed by atoms with Gasteiger partial charge in [-0.3, -0.25) is 4.79 Å². The molecular formula is C22H29NO5. The van der Waals surface area contributed by atoms with Crippen LogP contribution in [0.5, 0.6) is 23.0 Å². The van der Waals surface area contributed by atoms with Crippen molar-refractivity contribution in [3.8, 4) is 23.0 Å². The molecule has 2 aromatic rings. The molecule has 1 N–H and O–H groups in total. The first-order valence-electron chi connectivity index (χ1n) is 9.37. The van der Waals surface area contributed by atoms with Crippen LogP contribution >= 0.6 is 0 Å². The second kappa shape index (κ2) is 10.4. The fourth-order valence-electron chi connectivity index (χ4n) is 2.79. The molecule has 0 heterocycles. The lowest BCUT2D eigenvalue weighted by molar-refractivity contribution is 0.0939. The van der Waals surface area contributed by atoms with E-state index in [-0.39, 0.29) is 11.9 Å². The summed E-state index contributed by atoms with van der Waals surface area (Å²) in [4.78, 5) is 12.7. The van der Waals surface area contributed by atoms with Gasteiger partial charge in [-0.25, -0.2) is 0 Å². The van der Waals surface area contributed by atoms with E-state index >= 15 is 0 Å². The third-order valence-corrected chi connectivity index (χ3v) is 4.43. The maximum atomic E-state index is 12.7. The highest BCUT2D eigenvalue weighted by Gasteiger charge is 2.17. The Morgan fingerprint density at radius 1 is 0.964 bits per heavy atom. The molecule has 0 spiro atoms. The second-order valence-electron chi connectivity index (χ2n) is 6.37. The van der Waals surface area contributed by atoms with Crippen molar-refractivity contribution in [1.29, 1.82) is 0 Å². The van der Waals surface area contributed by atoms with Gasteiger partial charge in [0.2, 0.25) is 0 Å². The molecule has 0 aromatic heterocycles. The van der Waals surface area contributed by atoms with Gasteiger partial charge < -0.3 is 24.3 Å². The molecular weight excluding hydrogens is 358 g/mol. The molecule has 0 radical (unpaired) electrons. The first-order valence-corrected chi connectivity index (χ1v) is 9.37. The topological polar surface area (TPSA) is 66.0 Å². The predicted octanol–water partition coefficient (Wildman–Crippen LogP) is 4.38. The third-order valence-electron chi connectivity index (χ3n) is 4.43. The minimum atomic E-state index is -0.274. The Hall–Kier alpha value is -2.89. The van der Waals surface area contributed by atoms with Crippen LogP contribution in [-0.4, -0.2) is 33.8 Å². The van der Waals surface area contributed by atoms with Gasteiger partial charge in [0, 0.05) is 11.1 Å². The molecule has 0 fully saturated rings. The highest BCUT2D eigenvalue weighted by Crippen LogP contribution is 2.31.